The topological polar surface area (TPSA) is 88.3 Å². The number of amides is 2. The fourth-order valence-electron chi connectivity index (χ4n) is 4.26. The molecular weight excluding hydrogens is 435 g/mol. The average molecular weight is 466 g/mol. The molecule has 9 heteroatoms. The summed E-state index contributed by atoms with van der Waals surface area (Å²) in [7, 11) is 0. The van der Waals surface area contributed by atoms with E-state index >= 15 is 0 Å². The van der Waals surface area contributed by atoms with Gasteiger partial charge >= 0.3 is 0 Å². The third-order valence-corrected chi connectivity index (χ3v) is 6.29. The number of aromatic nitrogens is 1. The SMILES string of the molecule is Cl.Cl.NCC1(CC(=O)N2CCC(C(=O)Nc3ccc(Cl)cn3)CC2)CCCCC1. The minimum atomic E-state index is -0.0929. The molecule has 3 rings (SSSR count). The van der Waals surface area contributed by atoms with Gasteiger partial charge < -0.3 is 16.0 Å². The second-order valence-corrected chi connectivity index (χ2v) is 8.38. The monoisotopic (exact) mass is 464 g/mol. The first-order valence-electron chi connectivity index (χ1n) is 9.92. The Hall–Kier alpha value is -1.08. The number of hydrogen-bond acceptors (Lipinski definition) is 4. The Balaban J connectivity index is 0.00000210. The van der Waals surface area contributed by atoms with Crippen LogP contribution in [0, 0.1) is 11.3 Å². The van der Waals surface area contributed by atoms with Crippen molar-refractivity contribution in [2.45, 2.75) is 51.4 Å². The average Bonchev–Trinajstić information content (AvgIpc) is 2.70. The van der Waals surface area contributed by atoms with Crippen molar-refractivity contribution >= 4 is 54.0 Å². The Morgan fingerprint density at radius 3 is 2.38 bits per heavy atom. The van der Waals surface area contributed by atoms with Gasteiger partial charge in [-0.2, -0.15) is 0 Å². The molecule has 1 aliphatic carbocycles. The molecule has 0 unspecified atom stereocenters. The van der Waals surface area contributed by atoms with Crippen molar-refractivity contribution in [2.24, 2.45) is 17.1 Å². The van der Waals surface area contributed by atoms with Gasteiger partial charge in [0.15, 0.2) is 0 Å². The van der Waals surface area contributed by atoms with Crippen LogP contribution in [0.5, 0.6) is 0 Å². The number of rotatable bonds is 5. The smallest absolute Gasteiger partial charge is 0.228 e. The number of carbonyl (C=O) groups excluding carboxylic acids is 2. The molecular formula is C20H31Cl3N4O2. The van der Waals surface area contributed by atoms with Gasteiger partial charge in [-0.1, -0.05) is 30.9 Å². The first-order valence-corrected chi connectivity index (χ1v) is 10.3. The lowest BCUT2D eigenvalue weighted by Gasteiger charge is -2.38. The van der Waals surface area contributed by atoms with E-state index in [-0.39, 0.29) is 48.0 Å². The van der Waals surface area contributed by atoms with Crippen molar-refractivity contribution in [1.29, 1.82) is 0 Å². The summed E-state index contributed by atoms with van der Waals surface area (Å²) in [5.74, 6) is 0.568. The Bertz CT molecular complexity index is 658. The van der Waals surface area contributed by atoms with Crippen molar-refractivity contribution < 1.29 is 9.59 Å². The number of nitrogens with zero attached hydrogens (tertiary/aromatic N) is 2. The molecule has 2 aliphatic rings. The molecule has 1 saturated carbocycles. The van der Waals surface area contributed by atoms with Crippen LogP contribution in [0.1, 0.15) is 51.4 Å². The lowest BCUT2D eigenvalue weighted by Crippen LogP contribution is -2.45. The molecule has 29 heavy (non-hydrogen) atoms. The number of anilines is 1. The van der Waals surface area contributed by atoms with Crippen LogP contribution in [0.4, 0.5) is 5.82 Å². The number of pyridine rings is 1. The molecule has 1 saturated heterocycles. The van der Waals surface area contributed by atoms with Gasteiger partial charge in [0, 0.05) is 31.6 Å². The van der Waals surface area contributed by atoms with Gasteiger partial charge in [0.1, 0.15) is 5.82 Å². The number of halogens is 3. The van der Waals surface area contributed by atoms with E-state index in [1.165, 1.54) is 25.5 Å². The van der Waals surface area contributed by atoms with E-state index < -0.39 is 0 Å². The lowest BCUT2D eigenvalue weighted by molar-refractivity contribution is -0.137. The molecule has 2 heterocycles. The van der Waals surface area contributed by atoms with Gasteiger partial charge in [0.25, 0.3) is 0 Å². The van der Waals surface area contributed by atoms with Crippen molar-refractivity contribution in [3.05, 3.63) is 23.4 Å². The molecule has 1 aromatic rings. The van der Waals surface area contributed by atoms with Crippen LogP contribution in [0.25, 0.3) is 0 Å². The third-order valence-electron chi connectivity index (χ3n) is 6.07. The number of hydrogen-bond donors (Lipinski definition) is 2. The Kier molecular flexibility index (Phi) is 10.7. The van der Waals surface area contributed by atoms with E-state index in [2.05, 4.69) is 10.3 Å². The van der Waals surface area contributed by atoms with E-state index in [9.17, 15) is 9.59 Å². The number of piperidine rings is 1. The fourth-order valence-corrected chi connectivity index (χ4v) is 4.37. The highest BCUT2D eigenvalue weighted by atomic mass is 35.5. The third kappa shape index (κ3) is 6.99. The van der Waals surface area contributed by atoms with E-state index in [0.29, 0.717) is 49.7 Å². The molecule has 164 valence electrons. The molecule has 3 N–H and O–H groups in total. The first-order chi connectivity index (χ1) is 13.0. The van der Waals surface area contributed by atoms with Crippen LogP contribution in [-0.2, 0) is 9.59 Å². The summed E-state index contributed by atoms with van der Waals surface area (Å²) in [4.78, 5) is 31.2. The van der Waals surface area contributed by atoms with Gasteiger partial charge in [0.2, 0.25) is 11.8 Å². The Morgan fingerprint density at radius 2 is 1.83 bits per heavy atom. The summed E-state index contributed by atoms with van der Waals surface area (Å²) in [6, 6.07) is 3.39. The van der Waals surface area contributed by atoms with Gasteiger partial charge in [-0.3, -0.25) is 9.59 Å². The maximum atomic E-state index is 12.8. The zero-order valence-electron chi connectivity index (χ0n) is 16.6. The molecule has 2 amide bonds. The highest BCUT2D eigenvalue weighted by molar-refractivity contribution is 6.30. The van der Waals surface area contributed by atoms with Crippen LogP contribution in [0.15, 0.2) is 18.3 Å². The van der Waals surface area contributed by atoms with Crippen LogP contribution in [0.3, 0.4) is 0 Å². The molecule has 0 atom stereocenters. The van der Waals surface area contributed by atoms with Gasteiger partial charge in [-0.05, 0) is 49.8 Å². The van der Waals surface area contributed by atoms with E-state index in [0.717, 1.165) is 12.8 Å². The summed E-state index contributed by atoms with van der Waals surface area (Å²) in [5.41, 5.74) is 6.01. The van der Waals surface area contributed by atoms with Crippen LogP contribution in [0.2, 0.25) is 5.02 Å². The molecule has 6 nitrogen and oxygen atoms in total. The minimum Gasteiger partial charge on any atom is -0.343 e. The number of nitrogens with one attached hydrogen (secondary N) is 1. The van der Waals surface area contributed by atoms with Crippen molar-refractivity contribution in [3.8, 4) is 0 Å². The lowest BCUT2D eigenvalue weighted by atomic mass is 9.71. The van der Waals surface area contributed by atoms with Crippen LogP contribution in [-0.4, -0.2) is 41.3 Å². The molecule has 0 bridgehead atoms. The normalized spacial score (nSPS) is 18.9. The van der Waals surface area contributed by atoms with Gasteiger partial charge in [-0.15, -0.1) is 24.8 Å². The zero-order valence-corrected chi connectivity index (χ0v) is 19.0. The summed E-state index contributed by atoms with van der Waals surface area (Å²) >= 11 is 5.81. The maximum Gasteiger partial charge on any atom is 0.228 e. The molecule has 1 aliphatic heterocycles. The Morgan fingerprint density at radius 1 is 1.17 bits per heavy atom. The van der Waals surface area contributed by atoms with Crippen LogP contribution < -0.4 is 11.1 Å². The van der Waals surface area contributed by atoms with E-state index in [1.54, 1.807) is 12.1 Å². The van der Waals surface area contributed by atoms with Crippen molar-refractivity contribution in [3.63, 3.8) is 0 Å². The minimum absolute atomic E-state index is 0. The highest BCUT2D eigenvalue weighted by Crippen LogP contribution is 2.39. The molecule has 0 spiro atoms. The highest BCUT2D eigenvalue weighted by Gasteiger charge is 2.35. The first kappa shape index (κ1) is 26.0. The van der Waals surface area contributed by atoms with Gasteiger partial charge in [-0.25, -0.2) is 4.98 Å². The number of likely N-dealkylation sites (tertiary alicyclic amines) is 1. The molecule has 2 fully saturated rings. The summed E-state index contributed by atoms with van der Waals surface area (Å²) in [6.45, 7) is 1.85. The molecule has 1 aromatic heterocycles. The zero-order chi connectivity index (χ0) is 19.3. The molecule has 0 radical (unpaired) electrons. The van der Waals surface area contributed by atoms with Crippen LogP contribution >= 0.6 is 36.4 Å². The summed E-state index contributed by atoms with van der Waals surface area (Å²) in [5, 5.41) is 3.37. The second-order valence-electron chi connectivity index (χ2n) is 7.95. The predicted octanol–water partition coefficient (Wildman–Crippen LogP) is 4.06. The Labute approximate surface area is 190 Å². The maximum absolute atomic E-state index is 12.8. The van der Waals surface area contributed by atoms with Crippen molar-refractivity contribution in [2.75, 3.05) is 25.0 Å². The summed E-state index contributed by atoms with van der Waals surface area (Å²) in [6.07, 6.45) is 9.13. The fraction of sp³-hybridized carbons (Fsp3) is 0.650. The molecule has 0 aromatic carbocycles. The largest absolute Gasteiger partial charge is 0.343 e. The van der Waals surface area contributed by atoms with Crippen molar-refractivity contribution in [1.82, 2.24) is 9.88 Å². The van der Waals surface area contributed by atoms with Gasteiger partial charge in [0.05, 0.1) is 5.02 Å². The summed E-state index contributed by atoms with van der Waals surface area (Å²) < 4.78 is 0. The number of carbonyl (C=O) groups is 2. The second kappa shape index (κ2) is 11.9. The van der Waals surface area contributed by atoms with E-state index in [1.807, 2.05) is 4.90 Å². The number of nitrogens with two attached hydrogens (primary N) is 1. The predicted molar refractivity (Wildman–Crippen MR) is 121 cm³/mol. The quantitative estimate of drug-likeness (QED) is 0.686. The van der Waals surface area contributed by atoms with E-state index in [4.69, 9.17) is 17.3 Å². The standard InChI is InChI=1S/C20H29ClN4O2.2ClH/c21-16-4-5-17(23-13-16)24-19(27)15-6-10-25(11-7-15)18(26)12-20(14-22)8-2-1-3-9-20;;/h4-5,13,15H,1-3,6-12,14,22H2,(H,23,24,27);2*1H.